The zero-order chi connectivity index (χ0) is 19.2. The van der Waals surface area contributed by atoms with E-state index in [-0.39, 0.29) is 18.4 Å². The van der Waals surface area contributed by atoms with Gasteiger partial charge in [-0.25, -0.2) is 4.79 Å². The minimum atomic E-state index is -0.655. The molecule has 8 heteroatoms. The lowest BCUT2D eigenvalue weighted by Crippen LogP contribution is -2.36. The predicted molar refractivity (Wildman–Crippen MR) is 103 cm³/mol. The van der Waals surface area contributed by atoms with Gasteiger partial charge in [0.15, 0.2) is 11.5 Å². The summed E-state index contributed by atoms with van der Waals surface area (Å²) in [4.78, 5) is 24.6. The molecule has 1 aliphatic rings. The number of rotatable bonds is 6. The Morgan fingerprint density at radius 2 is 1.96 bits per heavy atom. The molecule has 144 valence electrons. The third-order valence-electron chi connectivity index (χ3n) is 4.24. The number of primary amides is 1. The van der Waals surface area contributed by atoms with Crippen LogP contribution in [-0.2, 0) is 4.79 Å². The first-order valence-corrected chi connectivity index (χ1v) is 9.69. The minimum absolute atomic E-state index is 0.109. The molecule has 0 saturated heterocycles. The van der Waals surface area contributed by atoms with Crippen LogP contribution in [0.5, 0.6) is 11.5 Å². The van der Waals surface area contributed by atoms with Gasteiger partial charge in [0.2, 0.25) is 5.91 Å². The molecule has 1 aromatic carbocycles. The number of hydrogen-bond acceptors (Lipinski definition) is 5. The van der Waals surface area contributed by atoms with E-state index in [1.54, 1.807) is 0 Å². The van der Waals surface area contributed by atoms with Crippen molar-refractivity contribution in [2.75, 3.05) is 13.2 Å². The van der Waals surface area contributed by atoms with Crippen molar-refractivity contribution in [3.05, 3.63) is 46.2 Å². The Labute approximate surface area is 161 Å². The Kier molecular flexibility index (Phi) is 6.18. The van der Waals surface area contributed by atoms with E-state index in [0.29, 0.717) is 19.0 Å². The van der Waals surface area contributed by atoms with Crippen molar-refractivity contribution >= 4 is 23.3 Å². The average molecular weight is 389 g/mol. The van der Waals surface area contributed by atoms with E-state index in [2.05, 4.69) is 10.6 Å². The van der Waals surface area contributed by atoms with Crippen LogP contribution in [0.1, 0.15) is 42.3 Å². The van der Waals surface area contributed by atoms with Crippen molar-refractivity contribution in [3.8, 4) is 11.5 Å². The monoisotopic (exact) mass is 389 g/mol. The third kappa shape index (κ3) is 5.13. The van der Waals surface area contributed by atoms with Gasteiger partial charge in [0.05, 0.1) is 31.7 Å². The summed E-state index contributed by atoms with van der Waals surface area (Å²) in [6.45, 7) is 3.15. The quantitative estimate of drug-likeness (QED) is 0.707. The van der Waals surface area contributed by atoms with Crippen molar-refractivity contribution in [2.24, 2.45) is 5.73 Å². The number of benzene rings is 1. The molecule has 0 fully saturated rings. The van der Waals surface area contributed by atoms with E-state index in [9.17, 15) is 9.59 Å². The fourth-order valence-corrected chi connectivity index (χ4v) is 3.68. The number of nitrogens with two attached hydrogens (primary N) is 1. The van der Waals surface area contributed by atoms with Crippen molar-refractivity contribution < 1.29 is 19.1 Å². The van der Waals surface area contributed by atoms with E-state index < -0.39 is 12.1 Å². The number of fused-ring (bicyclic) bond motifs is 1. The van der Waals surface area contributed by atoms with Crippen molar-refractivity contribution in [1.29, 1.82) is 0 Å². The number of ether oxygens (including phenoxy) is 2. The van der Waals surface area contributed by atoms with Crippen molar-refractivity contribution in [2.45, 2.75) is 31.8 Å². The van der Waals surface area contributed by atoms with Gasteiger partial charge in [-0.05, 0) is 36.1 Å². The van der Waals surface area contributed by atoms with Crippen molar-refractivity contribution in [1.82, 2.24) is 10.6 Å². The van der Waals surface area contributed by atoms with E-state index >= 15 is 0 Å². The second kappa shape index (κ2) is 8.77. The molecular formula is C19H23N3O4S. The number of urea groups is 1. The van der Waals surface area contributed by atoms with Crippen LogP contribution in [0.15, 0.2) is 35.7 Å². The molecule has 0 aliphatic carbocycles. The molecule has 1 aromatic heterocycles. The van der Waals surface area contributed by atoms with Crippen LogP contribution < -0.4 is 25.8 Å². The number of hydrogen-bond donors (Lipinski definition) is 3. The molecule has 0 spiro atoms. The molecule has 3 amide bonds. The summed E-state index contributed by atoms with van der Waals surface area (Å²) in [7, 11) is 0. The first-order valence-electron chi connectivity index (χ1n) is 8.81. The van der Waals surface area contributed by atoms with Crippen LogP contribution in [0.3, 0.4) is 0 Å². The zero-order valence-corrected chi connectivity index (χ0v) is 15.9. The smallest absolute Gasteiger partial charge is 0.312 e. The molecule has 7 nitrogen and oxygen atoms in total. The summed E-state index contributed by atoms with van der Waals surface area (Å²) in [5, 5.41) is 7.48. The predicted octanol–water partition coefficient (Wildman–Crippen LogP) is 2.89. The molecule has 1 aliphatic heterocycles. The maximum atomic E-state index is 12.5. The molecule has 2 unspecified atom stereocenters. The molecule has 0 radical (unpaired) electrons. The molecule has 2 heterocycles. The number of carbonyl (C=O) groups is 2. The largest absolute Gasteiger partial charge is 0.490 e. The lowest BCUT2D eigenvalue weighted by molar-refractivity contribution is -0.122. The van der Waals surface area contributed by atoms with Gasteiger partial charge in [0, 0.05) is 11.3 Å². The minimum Gasteiger partial charge on any atom is -0.490 e. The summed E-state index contributed by atoms with van der Waals surface area (Å²) in [6, 6.07) is 8.09. The highest BCUT2D eigenvalue weighted by molar-refractivity contribution is 7.10. The summed E-state index contributed by atoms with van der Waals surface area (Å²) in [6.07, 6.45) is 0.950. The standard InChI is InChI=1S/C19H23N3O4S/c1-12(13-5-6-15-16(10-13)26-8-3-7-25-15)21-18(23)11-14(22-19(20)24)17-4-2-9-27-17/h2,4-6,9-10,12,14H,3,7-8,11H2,1H3,(H,21,23)(H3,20,22,24). The first-order chi connectivity index (χ1) is 13.0. The van der Waals surface area contributed by atoms with Gasteiger partial charge < -0.3 is 25.8 Å². The van der Waals surface area contributed by atoms with Gasteiger partial charge in [-0.15, -0.1) is 11.3 Å². The van der Waals surface area contributed by atoms with Crippen LogP contribution in [0, 0.1) is 0 Å². The Balaban J connectivity index is 1.64. The van der Waals surface area contributed by atoms with Crippen LogP contribution in [-0.4, -0.2) is 25.2 Å². The topological polar surface area (TPSA) is 103 Å². The number of nitrogens with one attached hydrogen (secondary N) is 2. The lowest BCUT2D eigenvalue weighted by atomic mass is 10.1. The summed E-state index contributed by atoms with van der Waals surface area (Å²) < 4.78 is 11.3. The Hall–Kier alpha value is -2.74. The van der Waals surface area contributed by atoms with Gasteiger partial charge >= 0.3 is 6.03 Å². The summed E-state index contributed by atoms with van der Waals surface area (Å²) in [5.41, 5.74) is 6.16. The summed E-state index contributed by atoms with van der Waals surface area (Å²) in [5.74, 6) is 1.23. The van der Waals surface area contributed by atoms with Gasteiger partial charge in [-0.3, -0.25) is 4.79 Å². The maximum Gasteiger partial charge on any atom is 0.312 e. The zero-order valence-electron chi connectivity index (χ0n) is 15.1. The molecule has 2 atom stereocenters. The number of thiophene rings is 1. The summed E-state index contributed by atoms with van der Waals surface area (Å²) >= 11 is 1.47. The SMILES string of the molecule is CC(NC(=O)CC(NC(N)=O)c1cccs1)c1ccc2c(c1)OCCCO2. The maximum absolute atomic E-state index is 12.5. The highest BCUT2D eigenvalue weighted by atomic mass is 32.1. The van der Waals surface area contributed by atoms with Gasteiger partial charge in [0.1, 0.15) is 0 Å². The molecule has 3 rings (SSSR count). The van der Waals surface area contributed by atoms with Gasteiger partial charge in [-0.2, -0.15) is 0 Å². The van der Waals surface area contributed by atoms with Crippen LogP contribution in [0.4, 0.5) is 4.79 Å². The van der Waals surface area contributed by atoms with E-state index in [4.69, 9.17) is 15.2 Å². The van der Waals surface area contributed by atoms with E-state index in [0.717, 1.165) is 22.6 Å². The Bertz CT molecular complexity index is 794. The number of amides is 3. The fraction of sp³-hybridized carbons (Fsp3) is 0.368. The second-order valence-corrected chi connectivity index (χ2v) is 7.31. The molecule has 2 aromatic rings. The fourth-order valence-electron chi connectivity index (χ4n) is 2.90. The van der Waals surface area contributed by atoms with E-state index in [1.807, 2.05) is 42.6 Å². The Morgan fingerprint density at radius 1 is 1.19 bits per heavy atom. The molecule has 4 N–H and O–H groups in total. The first kappa shape index (κ1) is 19.0. The average Bonchev–Trinajstić information content (AvgIpc) is 3.06. The van der Waals surface area contributed by atoms with E-state index in [1.165, 1.54) is 11.3 Å². The molecular weight excluding hydrogens is 366 g/mol. The van der Waals surface area contributed by atoms with Gasteiger partial charge in [-0.1, -0.05) is 12.1 Å². The molecule has 0 saturated carbocycles. The number of carbonyl (C=O) groups excluding carboxylic acids is 2. The second-order valence-electron chi connectivity index (χ2n) is 6.33. The lowest BCUT2D eigenvalue weighted by Gasteiger charge is -2.19. The molecule has 0 bridgehead atoms. The third-order valence-corrected chi connectivity index (χ3v) is 5.23. The Morgan fingerprint density at radius 3 is 2.67 bits per heavy atom. The van der Waals surface area contributed by atoms with Gasteiger partial charge in [0.25, 0.3) is 0 Å². The highest BCUT2D eigenvalue weighted by Gasteiger charge is 2.20. The van der Waals surface area contributed by atoms with Crippen LogP contribution >= 0.6 is 11.3 Å². The normalized spacial score (nSPS) is 15.3. The van der Waals surface area contributed by atoms with Crippen molar-refractivity contribution in [3.63, 3.8) is 0 Å². The highest BCUT2D eigenvalue weighted by Crippen LogP contribution is 2.32. The van der Waals surface area contributed by atoms with Crippen LogP contribution in [0.2, 0.25) is 0 Å². The molecule has 27 heavy (non-hydrogen) atoms. The van der Waals surface area contributed by atoms with Crippen LogP contribution in [0.25, 0.3) is 0 Å².